The summed E-state index contributed by atoms with van der Waals surface area (Å²) < 4.78 is 20.0. The van der Waals surface area contributed by atoms with Crippen LogP contribution in [0.5, 0.6) is 0 Å². The Bertz CT molecular complexity index is 773. The van der Waals surface area contributed by atoms with Gasteiger partial charge in [-0.2, -0.15) is 0 Å². The van der Waals surface area contributed by atoms with Crippen LogP contribution in [0.3, 0.4) is 0 Å². The van der Waals surface area contributed by atoms with Gasteiger partial charge in [-0.1, -0.05) is 12.1 Å². The summed E-state index contributed by atoms with van der Waals surface area (Å²) in [5, 5.41) is 0. The highest BCUT2D eigenvalue weighted by molar-refractivity contribution is 5.94. The topological polar surface area (TPSA) is 58.6 Å². The molecule has 26 heavy (non-hydrogen) atoms. The van der Waals surface area contributed by atoms with E-state index in [0.29, 0.717) is 31.6 Å². The van der Waals surface area contributed by atoms with E-state index in [1.54, 1.807) is 35.5 Å². The van der Waals surface area contributed by atoms with Gasteiger partial charge in [0, 0.05) is 44.5 Å². The van der Waals surface area contributed by atoms with Crippen LogP contribution in [0.25, 0.3) is 0 Å². The minimum atomic E-state index is -0.478. The Balaban J connectivity index is 1.45. The van der Waals surface area contributed by atoms with Crippen molar-refractivity contribution in [1.82, 2.24) is 14.9 Å². The standard InChI is InChI=1S/C19H21FN4O2/c20-16-5-2-1-4-15(16)18(25)23-9-6-14-12-24(10-11-26-17(14)13-23)19-21-7-3-8-22-19/h1-5,7-8,14,17H,6,9-13H2/t14-,17-/m1/s1. The van der Waals surface area contributed by atoms with Gasteiger partial charge in [0.2, 0.25) is 5.95 Å². The second kappa shape index (κ2) is 7.37. The molecule has 0 saturated carbocycles. The molecule has 0 aliphatic carbocycles. The molecule has 2 aliphatic rings. The summed E-state index contributed by atoms with van der Waals surface area (Å²) in [4.78, 5) is 25.2. The Morgan fingerprint density at radius 1 is 1.12 bits per heavy atom. The summed E-state index contributed by atoms with van der Waals surface area (Å²) in [6, 6.07) is 7.93. The molecule has 0 bridgehead atoms. The molecule has 1 aromatic carbocycles. The second-order valence-electron chi connectivity index (χ2n) is 6.68. The third kappa shape index (κ3) is 3.39. The second-order valence-corrected chi connectivity index (χ2v) is 6.68. The zero-order chi connectivity index (χ0) is 17.9. The third-order valence-corrected chi connectivity index (χ3v) is 5.07. The van der Waals surface area contributed by atoms with E-state index in [9.17, 15) is 9.18 Å². The number of benzene rings is 1. The Morgan fingerprint density at radius 3 is 2.73 bits per heavy atom. The minimum Gasteiger partial charge on any atom is -0.374 e. The fourth-order valence-electron chi connectivity index (χ4n) is 3.68. The predicted octanol–water partition coefficient (Wildman–Crippen LogP) is 1.98. The number of piperidine rings is 1. The number of hydrogen-bond acceptors (Lipinski definition) is 5. The van der Waals surface area contributed by atoms with Crippen LogP contribution in [0.2, 0.25) is 0 Å². The van der Waals surface area contributed by atoms with Crippen molar-refractivity contribution < 1.29 is 13.9 Å². The Hall–Kier alpha value is -2.54. The molecule has 2 fully saturated rings. The molecule has 7 heteroatoms. The molecule has 2 aromatic rings. The van der Waals surface area contributed by atoms with Crippen molar-refractivity contribution in [3.63, 3.8) is 0 Å². The average molecular weight is 356 g/mol. The van der Waals surface area contributed by atoms with Crippen LogP contribution in [0.1, 0.15) is 16.8 Å². The molecule has 6 nitrogen and oxygen atoms in total. The van der Waals surface area contributed by atoms with Gasteiger partial charge < -0.3 is 14.5 Å². The first kappa shape index (κ1) is 16.9. The molecule has 2 aliphatic heterocycles. The molecular weight excluding hydrogens is 335 g/mol. The predicted molar refractivity (Wildman–Crippen MR) is 94.4 cm³/mol. The van der Waals surface area contributed by atoms with Crippen LogP contribution < -0.4 is 4.90 Å². The van der Waals surface area contributed by atoms with E-state index in [0.717, 1.165) is 19.5 Å². The van der Waals surface area contributed by atoms with Crippen LogP contribution in [-0.2, 0) is 4.74 Å². The molecule has 0 spiro atoms. The van der Waals surface area contributed by atoms with E-state index in [1.165, 1.54) is 12.1 Å². The first-order chi connectivity index (χ1) is 12.7. The van der Waals surface area contributed by atoms with Gasteiger partial charge in [-0.25, -0.2) is 14.4 Å². The fourth-order valence-corrected chi connectivity index (χ4v) is 3.68. The van der Waals surface area contributed by atoms with Crippen molar-refractivity contribution in [3.8, 4) is 0 Å². The lowest BCUT2D eigenvalue weighted by Crippen LogP contribution is -2.49. The molecule has 0 N–H and O–H groups in total. The first-order valence-corrected chi connectivity index (χ1v) is 8.90. The normalized spacial score (nSPS) is 23.3. The lowest BCUT2D eigenvalue weighted by atomic mass is 9.93. The number of likely N-dealkylation sites (tertiary alicyclic amines) is 1. The van der Waals surface area contributed by atoms with Crippen molar-refractivity contribution in [3.05, 3.63) is 54.1 Å². The Kier molecular flexibility index (Phi) is 4.79. The Labute approximate surface area is 151 Å². The van der Waals surface area contributed by atoms with Crippen LogP contribution in [0.4, 0.5) is 10.3 Å². The molecule has 4 rings (SSSR count). The van der Waals surface area contributed by atoms with Gasteiger partial charge in [-0.3, -0.25) is 4.79 Å². The van der Waals surface area contributed by atoms with Crippen molar-refractivity contribution in [2.24, 2.45) is 5.92 Å². The van der Waals surface area contributed by atoms with Gasteiger partial charge >= 0.3 is 0 Å². The van der Waals surface area contributed by atoms with Gasteiger partial charge in [-0.15, -0.1) is 0 Å². The quantitative estimate of drug-likeness (QED) is 0.824. The maximum absolute atomic E-state index is 13.9. The molecule has 1 aromatic heterocycles. The largest absolute Gasteiger partial charge is 0.374 e. The van der Waals surface area contributed by atoms with Crippen molar-refractivity contribution in [2.75, 3.05) is 37.7 Å². The van der Waals surface area contributed by atoms with Gasteiger partial charge in [-0.05, 0) is 24.6 Å². The van der Waals surface area contributed by atoms with Crippen molar-refractivity contribution in [2.45, 2.75) is 12.5 Å². The SMILES string of the molecule is O=C(c1ccccc1F)N1CC[C@@H]2CN(c3ncccn3)CCO[C@@H]2C1. The number of ether oxygens (including phenoxy) is 1. The fraction of sp³-hybridized carbons (Fsp3) is 0.421. The number of aromatic nitrogens is 2. The van der Waals surface area contributed by atoms with Crippen LogP contribution >= 0.6 is 0 Å². The summed E-state index contributed by atoms with van der Waals surface area (Å²) >= 11 is 0. The first-order valence-electron chi connectivity index (χ1n) is 8.90. The van der Waals surface area contributed by atoms with E-state index < -0.39 is 5.82 Å². The van der Waals surface area contributed by atoms with E-state index >= 15 is 0 Å². The third-order valence-electron chi connectivity index (χ3n) is 5.07. The number of halogens is 1. The number of amides is 1. The van der Waals surface area contributed by atoms with E-state index in [1.807, 2.05) is 0 Å². The van der Waals surface area contributed by atoms with Gasteiger partial charge in [0.1, 0.15) is 5.82 Å². The average Bonchev–Trinajstić information content (AvgIpc) is 2.90. The maximum atomic E-state index is 13.9. The molecule has 2 atom stereocenters. The molecular formula is C19H21FN4O2. The molecule has 1 amide bonds. The molecule has 2 saturated heterocycles. The molecule has 0 unspecified atom stereocenters. The summed E-state index contributed by atoms with van der Waals surface area (Å²) in [7, 11) is 0. The lowest BCUT2D eigenvalue weighted by Gasteiger charge is -2.38. The number of rotatable bonds is 2. The number of carbonyl (C=O) groups is 1. The summed E-state index contributed by atoms with van der Waals surface area (Å²) in [5.74, 6) is 0.263. The van der Waals surface area contributed by atoms with Crippen LogP contribution in [-0.4, -0.2) is 59.7 Å². The zero-order valence-corrected chi connectivity index (χ0v) is 14.4. The van der Waals surface area contributed by atoms with Gasteiger partial charge in [0.25, 0.3) is 5.91 Å². The Morgan fingerprint density at radius 2 is 1.92 bits per heavy atom. The van der Waals surface area contributed by atoms with Crippen molar-refractivity contribution >= 4 is 11.9 Å². The number of hydrogen-bond donors (Lipinski definition) is 0. The van der Waals surface area contributed by atoms with Crippen LogP contribution in [0, 0.1) is 11.7 Å². The van der Waals surface area contributed by atoms with Crippen molar-refractivity contribution in [1.29, 1.82) is 0 Å². The summed E-state index contributed by atoms with van der Waals surface area (Å²) in [5.41, 5.74) is 0.124. The highest BCUT2D eigenvalue weighted by Gasteiger charge is 2.36. The lowest BCUT2D eigenvalue weighted by molar-refractivity contribution is -0.0170. The summed E-state index contributed by atoms with van der Waals surface area (Å²) in [6.45, 7) is 3.17. The number of nitrogens with zero attached hydrogens (tertiary/aromatic N) is 4. The number of carbonyl (C=O) groups excluding carboxylic acids is 1. The number of anilines is 1. The van der Waals surface area contributed by atoms with E-state index in [-0.39, 0.29) is 17.6 Å². The highest BCUT2D eigenvalue weighted by Crippen LogP contribution is 2.26. The smallest absolute Gasteiger partial charge is 0.256 e. The minimum absolute atomic E-state index is 0.0480. The number of fused-ring (bicyclic) bond motifs is 1. The highest BCUT2D eigenvalue weighted by atomic mass is 19.1. The monoisotopic (exact) mass is 356 g/mol. The van der Waals surface area contributed by atoms with Crippen LogP contribution in [0.15, 0.2) is 42.7 Å². The van der Waals surface area contributed by atoms with E-state index in [2.05, 4.69) is 14.9 Å². The van der Waals surface area contributed by atoms with E-state index in [4.69, 9.17) is 4.74 Å². The maximum Gasteiger partial charge on any atom is 0.256 e. The molecule has 136 valence electrons. The zero-order valence-electron chi connectivity index (χ0n) is 14.4. The molecule has 3 heterocycles. The van der Waals surface area contributed by atoms with Gasteiger partial charge in [0.15, 0.2) is 0 Å². The summed E-state index contributed by atoms with van der Waals surface area (Å²) in [6.07, 6.45) is 4.24. The van der Waals surface area contributed by atoms with Gasteiger partial charge in [0.05, 0.1) is 18.3 Å². The molecule has 0 radical (unpaired) electrons.